The van der Waals surface area contributed by atoms with Crippen molar-refractivity contribution < 1.29 is 4.74 Å². The number of methoxy groups -OCH3 is 1. The quantitative estimate of drug-likeness (QED) is 0.868. The van der Waals surface area contributed by atoms with Gasteiger partial charge in [0, 0.05) is 28.9 Å². The summed E-state index contributed by atoms with van der Waals surface area (Å²) in [4.78, 5) is 0. The summed E-state index contributed by atoms with van der Waals surface area (Å²) in [5.74, 6) is 1.70. The molecule has 0 unspecified atom stereocenters. The van der Waals surface area contributed by atoms with Crippen molar-refractivity contribution in [2.45, 2.75) is 39.3 Å². The van der Waals surface area contributed by atoms with Gasteiger partial charge in [0.05, 0.1) is 6.61 Å². The van der Waals surface area contributed by atoms with Crippen molar-refractivity contribution in [3.8, 4) is 0 Å². The number of hydrogen-bond acceptors (Lipinski definition) is 2. The van der Waals surface area contributed by atoms with Crippen molar-refractivity contribution in [2.75, 3.05) is 12.4 Å². The Morgan fingerprint density at radius 3 is 2.72 bits per heavy atom. The van der Waals surface area contributed by atoms with Crippen LogP contribution in [0.4, 0.5) is 5.69 Å². The van der Waals surface area contributed by atoms with E-state index in [1.165, 1.54) is 24.1 Å². The summed E-state index contributed by atoms with van der Waals surface area (Å²) in [6.45, 7) is 5.27. The summed E-state index contributed by atoms with van der Waals surface area (Å²) in [5, 5.41) is 3.65. The third kappa shape index (κ3) is 3.07. The van der Waals surface area contributed by atoms with Crippen molar-refractivity contribution >= 4 is 21.6 Å². The Labute approximate surface area is 118 Å². The fraction of sp³-hybridized carbons (Fsp3) is 0.600. The first-order valence-corrected chi connectivity index (χ1v) is 7.44. The second-order valence-corrected chi connectivity index (χ2v) is 6.37. The lowest BCUT2D eigenvalue weighted by Crippen LogP contribution is -2.38. The first-order chi connectivity index (χ1) is 8.61. The van der Waals surface area contributed by atoms with Crippen LogP contribution in [0.3, 0.4) is 0 Å². The Morgan fingerprint density at radius 1 is 1.39 bits per heavy atom. The maximum absolute atomic E-state index is 5.27. The van der Waals surface area contributed by atoms with Crippen LogP contribution in [0.2, 0.25) is 0 Å². The molecule has 1 aliphatic carbocycles. The van der Waals surface area contributed by atoms with Gasteiger partial charge in [-0.15, -0.1) is 0 Å². The molecule has 0 spiro atoms. The van der Waals surface area contributed by atoms with Crippen molar-refractivity contribution in [1.29, 1.82) is 0 Å². The topological polar surface area (TPSA) is 21.3 Å². The average Bonchev–Trinajstić information content (AvgIpc) is 2.26. The first-order valence-electron chi connectivity index (χ1n) is 6.64. The fourth-order valence-electron chi connectivity index (χ4n) is 2.53. The van der Waals surface area contributed by atoms with Crippen molar-refractivity contribution in [2.24, 2.45) is 11.8 Å². The van der Waals surface area contributed by atoms with Gasteiger partial charge < -0.3 is 10.1 Å². The molecule has 0 atom stereocenters. The van der Waals surface area contributed by atoms with Gasteiger partial charge in [0.15, 0.2) is 0 Å². The molecule has 0 radical (unpaired) electrons. The molecule has 2 rings (SSSR count). The molecule has 1 aliphatic rings. The van der Waals surface area contributed by atoms with E-state index in [2.05, 4.69) is 53.3 Å². The van der Waals surface area contributed by atoms with E-state index in [4.69, 9.17) is 4.74 Å². The summed E-state index contributed by atoms with van der Waals surface area (Å²) < 4.78 is 6.39. The highest BCUT2D eigenvalue weighted by Crippen LogP contribution is 2.36. The number of anilines is 1. The van der Waals surface area contributed by atoms with Crippen LogP contribution in [0, 0.1) is 11.8 Å². The minimum absolute atomic E-state index is 0.627. The SMILES string of the molecule is COCc1c(Br)cccc1NC1CC(C(C)C)C1. The van der Waals surface area contributed by atoms with E-state index in [9.17, 15) is 0 Å². The van der Waals surface area contributed by atoms with Crippen molar-refractivity contribution in [3.05, 3.63) is 28.2 Å². The highest BCUT2D eigenvalue weighted by molar-refractivity contribution is 9.10. The summed E-state index contributed by atoms with van der Waals surface area (Å²) >= 11 is 3.59. The van der Waals surface area contributed by atoms with Crippen LogP contribution in [0.25, 0.3) is 0 Å². The van der Waals surface area contributed by atoms with E-state index in [1.807, 2.05) is 0 Å². The molecule has 0 aliphatic heterocycles. The van der Waals surface area contributed by atoms with E-state index in [0.29, 0.717) is 12.6 Å². The van der Waals surface area contributed by atoms with E-state index < -0.39 is 0 Å². The van der Waals surface area contributed by atoms with Gasteiger partial charge in [0.25, 0.3) is 0 Å². The molecule has 1 fully saturated rings. The molecule has 3 heteroatoms. The number of rotatable bonds is 5. The molecule has 1 saturated carbocycles. The van der Waals surface area contributed by atoms with Gasteiger partial charge in [-0.3, -0.25) is 0 Å². The second-order valence-electron chi connectivity index (χ2n) is 5.52. The fourth-order valence-corrected chi connectivity index (χ4v) is 3.01. The maximum Gasteiger partial charge on any atom is 0.0744 e. The van der Waals surface area contributed by atoms with Gasteiger partial charge >= 0.3 is 0 Å². The smallest absolute Gasteiger partial charge is 0.0744 e. The monoisotopic (exact) mass is 311 g/mol. The van der Waals surface area contributed by atoms with Crippen LogP contribution in [0.15, 0.2) is 22.7 Å². The number of ether oxygens (including phenoxy) is 1. The average molecular weight is 312 g/mol. The molecule has 0 amide bonds. The predicted octanol–water partition coefficient (Wildman–Crippen LogP) is 4.44. The normalized spacial score (nSPS) is 22.9. The lowest BCUT2D eigenvalue weighted by molar-refractivity contribution is 0.184. The molecule has 0 bridgehead atoms. The molecule has 0 heterocycles. The number of hydrogen-bond donors (Lipinski definition) is 1. The largest absolute Gasteiger partial charge is 0.382 e. The van der Waals surface area contributed by atoms with Gasteiger partial charge in [-0.25, -0.2) is 0 Å². The molecule has 100 valence electrons. The summed E-state index contributed by atoms with van der Waals surface area (Å²) in [5.41, 5.74) is 2.42. The van der Waals surface area contributed by atoms with Gasteiger partial charge in [0.2, 0.25) is 0 Å². The molecular weight excluding hydrogens is 290 g/mol. The molecule has 0 saturated heterocycles. The summed E-state index contributed by atoms with van der Waals surface area (Å²) in [7, 11) is 1.74. The second kappa shape index (κ2) is 6.07. The minimum Gasteiger partial charge on any atom is -0.382 e. The lowest BCUT2D eigenvalue weighted by atomic mass is 9.73. The molecule has 0 aromatic heterocycles. The molecular formula is C15H22BrNO. The number of benzene rings is 1. The zero-order valence-corrected chi connectivity index (χ0v) is 13.0. The van der Waals surface area contributed by atoms with Crippen LogP contribution in [0.1, 0.15) is 32.3 Å². The predicted molar refractivity (Wildman–Crippen MR) is 79.8 cm³/mol. The maximum atomic E-state index is 5.27. The standard InChI is InChI=1S/C15H22BrNO/c1-10(2)11-7-12(8-11)17-15-6-4-5-14(16)13(15)9-18-3/h4-6,10-12,17H,7-9H2,1-3H3. The van der Waals surface area contributed by atoms with Gasteiger partial charge in [-0.05, 0) is 36.8 Å². The van der Waals surface area contributed by atoms with E-state index in [-0.39, 0.29) is 0 Å². The third-order valence-electron chi connectivity index (χ3n) is 3.88. The van der Waals surface area contributed by atoms with E-state index >= 15 is 0 Å². The van der Waals surface area contributed by atoms with Crippen LogP contribution in [-0.4, -0.2) is 13.2 Å². The highest BCUT2D eigenvalue weighted by atomic mass is 79.9. The van der Waals surface area contributed by atoms with Crippen LogP contribution in [-0.2, 0) is 11.3 Å². The zero-order chi connectivity index (χ0) is 13.1. The Bertz CT molecular complexity index is 399. The Morgan fingerprint density at radius 2 is 2.11 bits per heavy atom. The lowest BCUT2D eigenvalue weighted by Gasteiger charge is -2.39. The molecule has 18 heavy (non-hydrogen) atoms. The van der Waals surface area contributed by atoms with Crippen molar-refractivity contribution in [3.63, 3.8) is 0 Å². The van der Waals surface area contributed by atoms with Gasteiger partial charge in [0.1, 0.15) is 0 Å². The van der Waals surface area contributed by atoms with Gasteiger partial charge in [-0.1, -0.05) is 35.8 Å². The molecule has 2 nitrogen and oxygen atoms in total. The molecule has 1 N–H and O–H groups in total. The minimum atomic E-state index is 0.627. The third-order valence-corrected chi connectivity index (χ3v) is 4.63. The summed E-state index contributed by atoms with van der Waals surface area (Å²) in [6, 6.07) is 6.91. The molecule has 1 aromatic carbocycles. The summed E-state index contributed by atoms with van der Waals surface area (Å²) in [6.07, 6.45) is 2.58. The van der Waals surface area contributed by atoms with Crippen LogP contribution >= 0.6 is 15.9 Å². The number of halogens is 1. The Hall–Kier alpha value is -0.540. The highest BCUT2D eigenvalue weighted by Gasteiger charge is 2.31. The van der Waals surface area contributed by atoms with Crippen LogP contribution < -0.4 is 5.32 Å². The molecule has 1 aromatic rings. The van der Waals surface area contributed by atoms with E-state index in [1.54, 1.807) is 7.11 Å². The Kier molecular flexibility index (Phi) is 4.68. The van der Waals surface area contributed by atoms with E-state index in [0.717, 1.165) is 16.3 Å². The first kappa shape index (κ1) is 13.9. The Balaban J connectivity index is 2.00. The number of nitrogens with one attached hydrogen (secondary N) is 1. The zero-order valence-electron chi connectivity index (χ0n) is 11.4. The van der Waals surface area contributed by atoms with Gasteiger partial charge in [-0.2, -0.15) is 0 Å². The van der Waals surface area contributed by atoms with Crippen molar-refractivity contribution in [1.82, 2.24) is 0 Å². The van der Waals surface area contributed by atoms with Crippen LogP contribution in [0.5, 0.6) is 0 Å².